The maximum absolute atomic E-state index is 12.4. The van der Waals surface area contributed by atoms with E-state index in [1.54, 1.807) is 0 Å². The smallest absolute Gasteiger partial charge is 0.326 e. The van der Waals surface area contributed by atoms with Gasteiger partial charge in [-0.1, -0.05) is 13.3 Å². The molecule has 122 valence electrons. The van der Waals surface area contributed by atoms with Crippen molar-refractivity contribution in [2.24, 2.45) is 11.8 Å². The maximum Gasteiger partial charge on any atom is 0.326 e. The van der Waals surface area contributed by atoms with Gasteiger partial charge in [-0.05, 0) is 55.4 Å². The van der Waals surface area contributed by atoms with Crippen molar-refractivity contribution >= 4 is 17.7 Å². The number of hydrogen-bond acceptors (Lipinski definition) is 5. The van der Waals surface area contributed by atoms with Gasteiger partial charge in [-0.3, -0.25) is 10.1 Å². The molecule has 0 spiro atoms. The molecule has 2 fully saturated rings. The van der Waals surface area contributed by atoms with E-state index in [1.165, 1.54) is 20.0 Å². The Bertz CT molecular complexity index is 348. The van der Waals surface area contributed by atoms with Gasteiger partial charge in [-0.2, -0.15) is 11.8 Å². The van der Waals surface area contributed by atoms with Crippen molar-refractivity contribution in [2.75, 3.05) is 25.2 Å². The number of ether oxygens (including phenoxy) is 1. The summed E-state index contributed by atoms with van der Waals surface area (Å²) in [6, 6.07) is 0.520. The summed E-state index contributed by atoms with van der Waals surface area (Å²) in [5.41, 5.74) is -0.431. The second-order valence-electron chi connectivity index (χ2n) is 6.62. The van der Waals surface area contributed by atoms with Crippen LogP contribution in [0.1, 0.15) is 45.4 Å². The molecule has 0 amide bonds. The zero-order valence-electron chi connectivity index (χ0n) is 13.3. The Hall–Kier alpha value is -0.260. The highest BCUT2D eigenvalue weighted by atomic mass is 32.2. The molecule has 0 bridgehead atoms. The third-order valence-electron chi connectivity index (χ3n) is 4.73. The van der Waals surface area contributed by atoms with Crippen LogP contribution >= 0.6 is 11.8 Å². The highest BCUT2D eigenvalue weighted by molar-refractivity contribution is 7.99. The third kappa shape index (κ3) is 4.36. The minimum Gasteiger partial charge on any atom is -0.468 e. The first kappa shape index (κ1) is 17.1. The number of aliphatic hydroxyl groups excluding tert-OH is 1. The van der Waals surface area contributed by atoms with Crippen LogP contribution in [0.4, 0.5) is 0 Å². The molecule has 5 heteroatoms. The van der Waals surface area contributed by atoms with Crippen molar-refractivity contribution in [1.29, 1.82) is 0 Å². The van der Waals surface area contributed by atoms with Gasteiger partial charge >= 0.3 is 5.97 Å². The van der Waals surface area contributed by atoms with Crippen molar-refractivity contribution < 1.29 is 14.6 Å². The summed E-state index contributed by atoms with van der Waals surface area (Å²) in [6.07, 6.45) is 6.57. The van der Waals surface area contributed by atoms with Crippen LogP contribution in [0.2, 0.25) is 0 Å². The van der Waals surface area contributed by atoms with E-state index in [0.717, 1.165) is 37.2 Å². The molecule has 2 aliphatic rings. The molecule has 2 aliphatic carbocycles. The van der Waals surface area contributed by atoms with E-state index < -0.39 is 5.54 Å². The van der Waals surface area contributed by atoms with E-state index in [4.69, 9.17) is 9.84 Å². The molecule has 2 N–H and O–H groups in total. The first-order valence-electron chi connectivity index (χ1n) is 8.17. The second-order valence-corrected chi connectivity index (χ2v) is 7.77. The summed E-state index contributed by atoms with van der Waals surface area (Å²) in [6.45, 7) is 2.32. The lowest BCUT2D eigenvalue weighted by Gasteiger charge is -2.34. The van der Waals surface area contributed by atoms with E-state index in [2.05, 4.69) is 12.2 Å². The van der Waals surface area contributed by atoms with Crippen molar-refractivity contribution in [1.82, 2.24) is 5.32 Å². The summed E-state index contributed by atoms with van der Waals surface area (Å²) in [5.74, 6) is 2.73. The number of esters is 1. The predicted molar refractivity (Wildman–Crippen MR) is 86.4 cm³/mol. The first-order chi connectivity index (χ1) is 10.1. The number of aliphatic hydroxyl groups is 1. The molecule has 0 aliphatic heterocycles. The van der Waals surface area contributed by atoms with Gasteiger partial charge in [0, 0.05) is 12.6 Å². The Morgan fingerprint density at radius 1 is 1.48 bits per heavy atom. The number of thioether (sulfide) groups is 1. The Kier molecular flexibility index (Phi) is 6.38. The quantitative estimate of drug-likeness (QED) is 0.504. The minimum atomic E-state index is -0.431. The lowest BCUT2D eigenvalue weighted by Crippen LogP contribution is -2.56. The molecule has 0 aromatic carbocycles. The van der Waals surface area contributed by atoms with Crippen LogP contribution in [0.3, 0.4) is 0 Å². The molecule has 0 heterocycles. The lowest BCUT2D eigenvalue weighted by atomic mass is 9.84. The molecule has 3 unspecified atom stereocenters. The molecule has 2 rings (SSSR count). The Morgan fingerprint density at radius 2 is 2.24 bits per heavy atom. The molecular weight excluding hydrogens is 286 g/mol. The zero-order valence-corrected chi connectivity index (χ0v) is 14.1. The predicted octanol–water partition coefficient (Wildman–Crippen LogP) is 2.20. The van der Waals surface area contributed by atoms with E-state index >= 15 is 0 Å². The van der Waals surface area contributed by atoms with Crippen LogP contribution in [0.25, 0.3) is 0 Å². The number of methoxy groups -OCH3 is 1. The average Bonchev–Trinajstić information content (AvgIpc) is 3.22. The fourth-order valence-corrected chi connectivity index (χ4v) is 4.45. The van der Waals surface area contributed by atoms with Crippen LogP contribution in [0, 0.1) is 11.8 Å². The van der Waals surface area contributed by atoms with Gasteiger partial charge in [0.1, 0.15) is 5.54 Å². The SMILES string of the molecule is COC(=O)C1(NC2CC2)CCCC1CCSCC(C)CO. The number of hydrogen-bond donors (Lipinski definition) is 2. The molecule has 0 aromatic rings. The maximum atomic E-state index is 12.4. The third-order valence-corrected chi connectivity index (χ3v) is 6.06. The summed E-state index contributed by atoms with van der Waals surface area (Å²) < 4.78 is 5.12. The van der Waals surface area contributed by atoms with Gasteiger partial charge in [-0.25, -0.2) is 0 Å². The highest BCUT2D eigenvalue weighted by Crippen LogP contribution is 2.41. The van der Waals surface area contributed by atoms with Crippen LogP contribution in [0.15, 0.2) is 0 Å². The fraction of sp³-hybridized carbons (Fsp3) is 0.938. The monoisotopic (exact) mass is 315 g/mol. The number of carbonyl (C=O) groups is 1. The average molecular weight is 315 g/mol. The summed E-state index contributed by atoms with van der Waals surface area (Å²) in [7, 11) is 1.51. The van der Waals surface area contributed by atoms with Gasteiger partial charge in [0.05, 0.1) is 7.11 Å². The molecule has 21 heavy (non-hydrogen) atoms. The Labute approximate surface area is 132 Å². The molecule has 0 saturated heterocycles. The molecule has 4 nitrogen and oxygen atoms in total. The van der Waals surface area contributed by atoms with Crippen LogP contribution < -0.4 is 5.32 Å². The fourth-order valence-electron chi connectivity index (χ4n) is 3.32. The zero-order chi connectivity index (χ0) is 15.3. The second kappa shape index (κ2) is 7.84. The number of nitrogens with one attached hydrogen (secondary N) is 1. The van der Waals surface area contributed by atoms with Gasteiger partial charge in [0.2, 0.25) is 0 Å². The summed E-state index contributed by atoms with van der Waals surface area (Å²) in [4.78, 5) is 12.4. The van der Waals surface area contributed by atoms with Crippen LogP contribution in [0.5, 0.6) is 0 Å². The van der Waals surface area contributed by atoms with Gasteiger partial charge in [-0.15, -0.1) is 0 Å². The molecular formula is C16H29NO3S. The molecule has 3 atom stereocenters. The van der Waals surface area contributed by atoms with Crippen molar-refractivity contribution in [3.8, 4) is 0 Å². The topological polar surface area (TPSA) is 58.6 Å². The first-order valence-corrected chi connectivity index (χ1v) is 9.32. The number of carbonyl (C=O) groups excluding carboxylic acids is 1. The summed E-state index contributed by atoms with van der Waals surface area (Å²) >= 11 is 1.89. The van der Waals surface area contributed by atoms with Gasteiger partial charge in [0.25, 0.3) is 0 Å². The highest BCUT2D eigenvalue weighted by Gasteiger charge is 2.51. The normalized spacial score (nSPS) is 30.3. The molecule has 2 saturated carbocycles. The van der Waals surface area contributed by atoms with Crippen LogP contribution in [-0.4, -0.2) is 47.9 Å². The molecule has 0 aromatic heterocycles. The van der Waals surface area contributed by atoms with Crippen molar-refractivity contribution in [3.05, 3.63) is 0 Å². The van der Waals surface area contributed by atoms with E-state index in [-0.39, 0.29) is 12.6 Å². The van der Waals surface area contributed by atoms with Gasteiger partial charge in [0.15, 0.2) is 0 Å². The van der Waals surface area contributed by atoms with E-state index in [1.807, 2.05) is 11.8 Å². The van der Waals surface area contributed by atoms with E-state index in [9.17, 15) is 4.79 Å². The minimum absolute atomic E-state index is 0.0642. The van der Waals surface area contributed by atoms with E-state index in [0.29, 0.717) is 17.9 Å². The van der Waals surface area contributed by atoms with Crippen LogP contribution in [-0.2, 0) is 9.53 Å². The largest absolute Gasteiger partial charge is 0.468 e. The lowest BCUT2D eigenvalue weighted by molar-refractivity contribution is -0.150. The Morgan fingerprint density at radius 3 is 2.86 bits per heavy atom. The standard InChI is InChI=1S/C16H29NO3S/c1-12(10-18)11-21-9-7-13-4-3-8-16(13,15(19)20-2)17-14-5-6-14/h12-14,17-18H,3-11H2,1-2H3. The molecule has 0 radical (unpaired) electrons. The van der Waals surface area contributed by atoms with Crippen molar-refractivity contribution in [3.63, 3.8) is 0 Å². The summed E-state index contributed by atoms with van der Waals surface area (Å²) in [5, 5.41) is 12.7. The Balaban J connectivity index is 1.87. The van der Waals surface area contributed by atoms with Gasteiger partial charge < -0.3 is 9.84 Å². The van der Waals surface area contributed by atoms with Crippen molar-refractivity contribution in [2.45, 2.75) is 57.0 Å². The number of rotatable bonds is 9.